The summed E-state index contributed by atoms with van der Waals surface area (Å²) in [5, 5.41) is 11.1. The van der Waals surface area contributed by atoms with Gasteiger partial charge in [0, 0.05) is 38.9 Å². The second kappa shape index (κ2) is 12.8. The van der Waals surface area contributed by atoms with Crippen molar-refractivity contribution < 1.29 is 4.79 Å². The molecule has 3 rings (SSSR count). The number of rotatable bonds is 8. The zero-order chi connectivity index (χ0) is 22.1. The molecule has 170 valence electrons. The summed E-state index contributed by atoms with van der Waals surface area (Å²) in [7, 11) is 3.50. The molecular weight excluding hydrogens is 515 g/mol. The summed E-state index contributed by atoms with van der Waals surface area (Å²) in [6.45, 7) is 4.12. The third-order valence-corrected chi connectivity index (χ3v) is 4.73. The van der Waals surface area contributed by atoms with Gasteiger partial charge in [-0.1, -0.05) is 30.3 Å². The van der Waals surface area contributed by atoms with Gasteiger partial charge in [0.2, 0.25) is 0 Å². The summed E-state index contributed by atoms with van der Waals surface area (Å²) in [4.78, 5) is 18.2. The maximum atomic E-state index is 12.0. The van der Waals surface area contributed by atoms with Crippen molar-refractivity contribution in [3.63, 3.8) is 0 Å². The second-order valence-electron chi connectivity index (χ2n) is 7.40. The van der Waals surface area contributed by atoms with Gasteiger partial charge in [0.25, 0.3) is 5.91 Å². The van der Waals surface area contributed by atoms with E-state index in [9.17, 15) is 4.79 Å². The van der Waals surface area contributed by atoms with Crippen molar-refractivity contribution in [3.8, 4) is 5.69 Å². The van der Waals surface area contributed by atoms with Crippen LogP contribution in [0.4, 0.5) is 0 Å². The first-order valence-electron chi connectivity index (χ1n) is 10.5. The van der Waals surface area contributed by atoms with E-state index in [0.29, 0.717) is 12.1 Å². The fraction of sp³-hybridized carbons (Fsp3) is 0.292. The molecule has 0 bridgehead atoms. The summed E-state index contributed by atoms with van der Waals surface area (Å²) in [5.74, 6) is 0.770. The van der Waals surface area contributed by atoms with E-state index in [4.69, 9.17) is 0 Å². The topological polar surface area (TPSA) is 74.6 Å². The Morgan fingerprint density at radius 1 is 1.03 bits per heavy atom. The number of carbonyl (C=O) groups excluding carboxylic acids is 1. The van der Waals surface area contributed by atoms with Crippen LogP contribution >= 0.6 is 24.0 Å². The van der Waals surface area contributed by atoms with Gasteiger partial charge in [0.05, 0.1) is 18.4 Å². The lowest BCUT2D eigenvalue weighted by atomic mass is 10.1. The van der Waals surface area contributed by atoms with Gasteiger partial charge >= 0.3 is 0 Å². The highest BCUT2D eigenvalue weighted by atomic mass is 127. The predicted molar refractivity (Wildman–Crippen MR) is 140 cm³/mol. The molecular formula is C24H31IN6O. The Bertz CT molecular complexity index is 999. The first-order chi connectivity index (χ1) is 15.1. The number of halogens is 1. The number of guanidine groups is 1. The first kappa shape index (κ1) is 25.4. The van der Waals surface area contributed by atoms with Crippen LogP contribution in [0, 0.1) is 0 Å². The minimum Gasteiger partial charge on any atom is -0.357 e. The molecule has 2 N–H and O–H groups in total. The molecule has 0 fully saturated rings. The number of carbonyl (C=O) groups is 1. The van der Waals surface area contributed by atoms with Crippen LogP contribution in [0.25, 0.3) is 5.69 Å². The lowest BCUT2D eigenvalue weighted by molar-refractivity contribution is 0.0827. The van der Waals surface area contributed by atoms with Crippen LogP contribution in [-0.4, -0.2) is 53.7 Å². The van der Waals surface area contributed by atoms with E-state index in [1.807, 2.05) is 72.4 Å². The molecule has 0 aliphatic rings. The quantitative estimate of drug-likeness (QED) is 0.258. The Hall–Kier alpha value is -2.88. The van der Waals surface area contributed by atoms with Gasteiger partial charge < -0.3 is 15.5 Å². The number of para-hydroxylation sites is 1. The van der Waals surface area contributed by atoms with E-state index in [1.165, 1.54) is 0 Å². The molecule has 8 heteroatoms. The Morgan fingerprint density at radius 2 is 1.75 bits per heavy atom. The van der Waals surface area contributed by atoms with E-state index < -0.39 is 0 Å². The third-order valence-electron chi connectivity index (χ3n) is 4.73. The van der Waals surface area contributed by atoms with E-state index in [-0.39, 0.29) is 29.9 Å². The van der Waals surface area contributed by atoms with E-state index in [2.05, 4.69) is 26.9 Å². The van der Waals surface area contributed by atoms with Gasteiger partial charge in [0.1, 0.15) is 0 Å². The number of aromatic nitrogens is 2. The predicted octanol–water partition coefficient (Wildman–Crippen LogP) is 3.49. The molecule has 1 heterocycles. The Kier molecular flexibility index (Phi) is 10.2. The Morgan fingerprint density at radius 3 is 2.41 bits per heavy atom. The highest BCUT2D eigenvalue weighted by molar-refractivity contribution is 14.0. The van der Waals surface area contributed by atoms with E-state index in [1.54, 1.807) is 19.0 Å². The van der Waals surface area contributed by atoms with Gasteiger partial charge in [-0.3, -0.25) is 4.79 Å². The van der Waals surface area contributed by atoms with Gasteiger partial charge in [-0.2, -0.15) is 5.10 Å². The molecule has 0 saturated carbocycles. The van der Waals surface area contributed by atoms with E-state index in [0.717, 1.165) is 42.3 Å². The average molecular weight is 546 g/mol. The summed E-state index contributed by atoms with van der Waals surface area (Å²) < 4.78 is 1.89. The molecule has 0 aliphatic heterocycles. The number of nitrogens with one attached hydrogen (secondary N) is 2. The third kappa shape index (κ3) is 7.37. The molecule has 7 nitrogen and oxygen atoms in total. The van der Waals surface area contributed by atoms with Gasteiger partial charge in [0.15, 0.2) is 5.96 Å². The molecule has 0 atom stereocenters. The first-order valence-corrected chi connectivity index (χ1v) is 10.5. The highest BCUT2D eigenvalue weighted by Gasteiger charge is 2.07. The Labute approximate surface area is 206 Å². The molecule has 1 amide bonds. The molecule has 0 saturated heterocycles. The van der Waals surface area contributed by atoms with Crippen LogP contribution in [-0.2, 0) is 13.0 Å². The summed E-state index contributed by atoms with van der Waals surface area (Å²) in [6.07, 6.45) is 4.80. The maximum absolute atomic E-state index is 12.0. The lowest BCUT2D eigenvalue weighted by Crippen LogP contribution is -2.38. The molecule has 0 unspecified atom stereocenters. The molecule has 32 heavy (non-hydrogen) atoms. The Balaban J connectivity index is 0.00000363. The molecule has 0 aliphatic carbocycles. The summed E-state index contributed by atoms with van der Waals surface area (Å²) >= 11 is 0. The maximum Gasteiger partial charge on any atom is 0.253 e. The van der Waals surface area contributed by atoms with E-state index >= 15 is 0 Å². The minimum absolute atomic E-state index is 0. The van der Waals surface area contributed by atoms with Crippen LogP contribution < -0.4 is 10.6 Å². The van der Waals surface area contributed by atoms with Crippen LogP contribution in [0.2, 0.25) is 0 Å². The molecule has 1 aromatic heterocycles. The van der Waals surface area contributed by atoms with Crippen molar-refractivity contribution in [1.29, 1.82) is 0 Å². The fourth-order valence-electron chi connectivity index (χ4n) is 3.06. The van der Waals surface area contributed by atoms with Crippen LogP contribution in [0.3, 0.4) is 0 Å². The molecule has 0 spiro atoms. The smallest absolute Gasteiger partial charge is 0.253 e. The SMILES string of the molecule is CCNC(=NCc1ccc(C(=O)N(C)C)cc1)NCCc1cnn(-c2ccccc2)c1.I. The molecule has 2 aromatic carbocycles. The number of aliphatic imine (C=N–C) groups is 1. The standard InChI is InChI=1S/C24H30N6O.HI/c1-4-25-24(27-16-19-10-12-21(13-11-19)23(31)29(2)3)26-15-14-20-17-28-30(18-20)22-8-6-5-7-9-22;/h5-13,17-18H,4,14-16H2,1-3H3,(H2,25,26,27);1H. The van der Waals surface area contributed by atoms with Crippen LogP contribution in [0.1, 0.15) is 28.4 Å². The number of hydrogen-bond acceptors (Lipinski definition) is 3. The minimum atomic E-state index is 0. The summed E-state index contributed by atoms with van der Waals surface area (Å²) in [5.41, 5.74) is 3.94. The zero-order valence-electron chi connectivity index (χ0n) is 18.8. The average Bonchev–Trinajstić information content (AvgIpc) is 3.27. The van der Waals surface area contributed by atoms with Crippen molar-refractivity contribution >= 4 is 35.8 Å². The fourth-order valence-corrected chi connectivity index (χ4v) is 3.06. The van der Waals surface area contributed by atoms with Gasteiger partial charge in [-0.25, -0.2) is 9.67 Å². The molecule has 0 radical (unpaired) electrons. The van der Waals surface area contributed by atoms with Crippen molar-refractivity contribution in [2.45, 2.75) is 19.9 Å². The van der Waals surface area contributed by atoms with Gasteiger partial charge in [-0.05, 0) is 48.7 Å². The van der Waals surface area contributed by atoms with Crippen molar-refractivity contribution in [2.24, 2.45) is 4.99 Å². The number of amides is 1. The number of benzene rings is 2. The normalized spacial score (nSPS) is 10.9. The number of hydrogen-bond donors (Lipinski definition) is 2. The van der Waals surface area contributed by atoms with Crippen LogP contribution in [0.15, 0.2) is 72.0 Å². The number of nitrogens with zero attached hydrogens (tertiary/aromatic N) is 4. The van der Waals surface area contributed by atoms with Crippen molar-refractivity contribution in [2.75, 3.05) is 27.2 Å². The van der Waals surface area contributed by atoms with Crippen molar-refractivity contribution in [1.82, 2.24) is 25.3 Å². The largest absolute Gasteiger partial charge is 0.357 e. The molecule has 3 aromatic rings. The van der Waals surface area contributed by atoms with Crippen LogP contribution in [0.5, 0.6) is 0 Å². The second-order valence-corrected chi connectivity index (χ2v) is 7.40. The highest BCUT2D eigenvalue weighted by Crippen LogP contribution is 2.09. The lowest BCUT2D eigenvalue weighted by Gasteiger charge is -2.12. The monoisotopic (exact) mass is 546 g/mol. The van der Waals surface area contributed by atoms with Gasteiger partial charge in [-0.15, -0.1) is 24.0 Å². The van der Waals surface area contributed by atoms with Crippen molar-refractivity contribution in [3.05, 3.63) is 83.7 Å². The summed E-state index contributed by atoms with van der Waals surface area (Å²) in [6, 6.07) is 17.7. The zero-order valence-corrected chi connectivity index (χ0v) is 21.1.